The second kappa shape index (κ2) is 33.0. The van der Waals surface area contributed by atoms with Crippen LogP contribution in [0.2, 0.25) is 0 Å². The van der Waals surface area contributed by atoms with E-state index in [1.54, 1.807) is 0 Å². The summed E-state index contributed by atoms with van der Waals surface area (Å²) in [4.78, 5) is 59.9. The number of carbonyl (C=O) groups is 6. The predicted molar refractivity (Wildman–Crippen MR) is 115 cm³/mol. The number of hydrogen-bond acceptors (Lipinski definition) is 6. The third kappa shape index (κ3) is 60.0. The summed E-state index contributed by atoms with van der Waals surface area (Å²) in [6.07, 6.45) is 6.30. The summed E-state index contributed by atoms with van der Waals surface area (Å²) in [5.41, 5.74) is 0. The predicted octanol–water partition coefficient (Wildman–Crippen LogP) is 3.31. The zero-order valence-corrected chi connectivity index (χ0v) is 25.6. The molecular formula is C21H36O12Y2. The second-order valence-electron chi connectivity index (χ2n) is 7.04. The van der Waals surface area contributed by atoms with Gasteiger partial charge in [0.2, 0.25) is 0 Å². The van der Waals surface area contributed by atoms with Crippen LogP contribution in [0.25, 0.3) is 0 Å². The number of carboxylic acid groups (broad SMARTS) is 6. The van der Waals surface area contributed by atoms with Crippen molar-refractivity contribution in [1.82, 2.24) is 0 Å². The molecule has 0 aromatic heterocycles. The van der Waals surface area contributed by atoms with Crippen LogP contribution in [-0.4, -0.2) is 66.5 Å². The molecule has 0 saturated carbocycles. The van der Waals surface area contributed by atoms with Gasteiger partial charge < -0.3 is 30.6 Å². The molecule has 14 heteroatoms. The van der Waals surface area contributed by atoms with Crippen LogP contribution in [0, 0.1) is 0 Å². The maximum Gasteiger partial charge on any atom is 0.303 e. The molecule has 35 heavy (non-hydrogen) atoms. The van der Waals surface area contributed by atoms with E-state index in [2.05, 4.69) is 0 Å². The van der Waals surface area contributed by atoms with Crippen molar-refractivity contribution in [3.63, 3.8) is 0 Å². The Morgan fingerprint density at radius 1 is 0.286 bits per heavy atom. The first-order valence-electron chi connectivity index (χ1n) is 10.7. The van der Waals surface area contributed by atoms with Gasteiger partial charge in [0, 0.05) is 104 Å². The van der Waals surface area contributed by atoms with E-state index < -0.39 is 35.8 Å². The summed E-state index contributed by atoms with van der Waals surface area (Å²) in [5, 5.41) is 49.2. The fraction of sp³-hybridized carbons (Fsp3) is 0.714. The number of hydrogen-bond donors (Lipinski definition) is 6. The van der Waals surface area contributed by atoms with E-state index in [4.69, 9.17) is 30.6 Å². The van der Waals surface area contributed by atoms with Crippen molar-refractivity contribution in [2.45, 2.75) is 96.3 Å². The third-order valence-electron chi connectivity index (χ3n) is 3.84. The number of aliphatic carboxylic acids is 6. The molecule has 0 aromatic rings. The molecule has 2 radical (unpaired) electrons. The molecule has 0 aromatic carbocycles. The van der Waals surface area contributed by atoms with Crippen molar-refractivity contribution in [2.75, 3.05) is 0 Å². The Bertz CT molecular complexity index is 468. The standard InChI is InChI=1S/3C7H12O4.2Y/c3*8-6(9)4-2-1-3-5-7(10)11;;/h3*1-5H2,(H,8,9)(H,10,11);;. The Labute approximate surface area is 255 Å². The molecule has 6 N–H and O–H groups in total. The summed E-state index contributed by atoms with van der Waals surface area (Å²) in [6, 6.07) is 0. The monoisotopic (exact) mass is 658 g/mol. The Morgan fingerprint density at radius 2 is 0.400 bits per heavy atom. The number of carboxylic acids is 6. The van der Waals surface area contributed by atoms with Gasteiger partial charge in [-0.15, -0.1) is 0 Å². The molecular weight excluding hydrogens is 622 g/mol. The Hall–Kier alpha value is -0.972. The molecule has 0 fully saturated rings. The summed E-state index contributed by atoms with van der Waals surface area (Å²) in [7, 11) is 0. The van der Waals surface area contributed by atoms with Crippen LogP contribution in [-0.2, 0) is 94.2 Å². The minimum atomic E-state index is -0.819. The first kappa shape index (κ1) is 44.1. The topological polar surface area (TPSA) is 224 Å². The van der Waals surface area contributed by atoms with Gasteiger partial charge in [-0.25, -0.2) is 0 Å². The van der Waals surface area contributed by atoms with Crippen LogP contribution in [0.4, 0.5) is 0 Å². The SMILES string of the molecule is O=C(O)CCCCCC(=O)O.O=C(O)CCCCCC(=O)O.O=C(O)CCCCCC(=O)O.[Y].[Y]. The Kier molecular flexibility index (Phi) is 41.6. The van der Waals surface area contributed by atoms with Crippen LogP contribution in [0.1, 0.15) is 96.3 Å². The van der Waals surface area contributed by atoms with Gasteiger partial charge in [0.05, 0.1) is 0 Å². The van der Waals surface area contributed by atoms with Crippen molar-refractivity contribution in [3.8, 4) is 0 Å². The molecule has 0 aliphatic carbocycles. The summed E-state index contributed by atoms with van der Waals surface area (Å²) < 4.78 is 0. The Morgan fingerprint density at radius 3 is 0.486 bits per heavy atom. The molecule has 0 bridgehead atoms. The fourth-order valence-corrected chi connectivity index (χ4v) is 2.19. The normalized spacial score (nSPS) is 8.91. The zero-order valence-electron chi connectivity index (χ0n) is 19.9. The first-order chi connectivity index (χ1) is 15.4. The smallest absolute Gasteiger partial charge is 0.303 e. The van der Waals surface area contributed by atoms with E-state index in [-0.39, 0.29) is 104 Å². The molecule has 0 saturated heterocycles. The fourth-order valence-electron chi connectivity index (χ4n) is 2.19. The minimum Gasteiger partial charge on any atom is -0.481 e. The number of unbranched alkanes of at least 4 members (excludes halogenated alkanes) is 6. The van der Waals surface area contributed by atoms with Crippen LogP contribution < -0.4 is 0 Å². The van der Waals surface area contributed by atoms with Crippen LogP contribution in [0.15, 0.2) is 0 Å². The van der Waals surface area contributed by atoms with Crippen molar-refractivity contribution >= 4 is 35.8 Å². The van der Waals surface area contributed by atoms with Gasteiger partial charge in [-0.1, -0.05) is 19.3 Å². The van der Waals surface area contributed by atoms with Gasteiger partial charge in [0.25, 0.3) is 0 Å². The van der Waals surface area contributed by atoms with Crippen LogP contribution in [0.5, 0.6) is 0 Å². The van der Waals surface area contributed by atoms with E-state index in [1.165, 1.54) is 0 Å². The van der Waals surface area contributed by atoms with Gasteiger partial charge >= 0.3 is 35.8 Å². The quantitative estimate of drug-likeness (QED) is 0.117. The third-order valence-corrected chi connectivity index (χ3v) is 3.84. The van der Waals surface area contributed by atoms with Crippen LogP contribution >= 0.6 is 0 Å². The maximum absolute atomic E-state index is 9.98. The molecule has 0 heterocycles. The minimum absolute atomic E-state index is 0. The molecule has 0 aliphatic heterocycles. The van der Waals surface area contributed by atoms with Gasteiger partial charge in [-0.2, -0.15) is 0 Å². The van der Waals surface area contributed by atoms with E-state index in [1.807, 2.05) is 0 Å². The van der Waals surface area contributed by atoms with Crippen molar-refractivity contribution < 1.29 is 125 Å². The number of rotatable bonds is 18. The molecule has 0 atom stereocenters. The first-order valence-corrected chi connectivity index (χ1v) is 10.7. The summed E-state index contributed by atoms with van der Waals surface area (Å²) in [6.45, 7) is 0. The average molecular weight is 658 g/mol. The molecule has 0 aliphatic rings. The van der Waals surface area contributed by atoms with Crippen LogP contribution in [0.3, 0.4) is 0 Å². The van der Waals surface area contributed by atoms with E-state index >= 15 is 0 Å². The van der Waals surface area contributed by atoms with E-state index in [9.17, 15) is 28.8 Å². The second-order valence-corrected chi connectivity index (χ2v) is 7.04. The Balaban J connectivity index is -0.000000125. The van der Waals surface area contributed by atoms with Crippen molar-refractivity contribution in [1.29, 1.82) is 0 Å². The summed E-state index contributed by atoms with van der Waals surface area (Å²) >= 11 is 0. The van der Waals surface area contributed by atoms with Gasteiger partial charge in [0.15, 0.2) is 0 Å². The van der Waals surface area contributed by atoms with Crippen molar-refractivity contribution in [2.24, 2.45) is 0 Å². The molecule has 198 valence electrons. The largest absolute Gasteiger partial charge is 0.481 e. The van der Waals surface area contributed by atoms with E-state index in [0.717, 1.165) is 0 Å². The molecule has 0 unspecified atom stereocenters. The molecule has 0 amide bonds. The molecule has 0 spiro atoms. The maximum atomic E-state index is 9.98. The molecule has 12 nitrogen and oxygen atoms in total. The average Bonchev–Trinajstić information content (AvgIpc) is 2.67. The zero-order chi connectivity index (χ0) is 26.1. The van der Waals surface area contributed by atoms with Gasteiger partial charge in [-0.05, 0) is 38.5 Å². The van der Waals surface area contributed by atoms with Gasteiger partial charge in [-0.3, -0.25) is 28.8 Å². The molecule has 0 rings (SSSR count). The van der Waals surface area contributed by atoms with Gasteiger partial charge in [0.1, 0.15) is 0 Å². The van der Waals surface area contributed by atoms with Crippen molar-refractivity contribution in [3.05, 3.63) is 0 Å². The summed E-state index contributed by atoms with van der Waals surface area (Å²) in [5.74, 6) is -4.91. The van der Waals surface area contributed by atoms with E-state index in [0.29, 0.717) is 57.8 Å².